The zero-order valence-electron chi connectivity index (χ0n) is 8.96. The number of halogens is 1. The molecular formula is C11H13BrO3. The molecule has 0 saturated heterocycles. The fraction of sp³-hybridized carbons (Fsp3) is 0.364. The molecule has 3 nitrogen and oxygen atoms in total. The van der Waals surface area contributed by atoms with Crippen LogP contribution >= 0.6 is 15.9 Å². The lowest BCUT2D eigenvalue weighted by Gasteiger charge is -2.10. The second-order valence-electron chi connectivity index (χ2n) is 3.02. The maximum atomic E-state index is 11.4. The van der Waals surface area contributed by atoms with Crippen LogP contribution in [0, 0.1) is 6.92 Å². The molecule has 82 valence electrons. The van der Waals surface area contributed by atoms with Crippen molar-refractivity contribution >= 4 is 21.9 Å². The van der Waals surface area contributed by atoms with Gasteiger partial charge in [-0.25, -0.2) is 4.79 Å². The molecule has 0 saturated carbocycles. The van der Waals surface area contributed by atoms with Crippen molar-refractivity contribution in [2.75, 3.05) is 13.7 Å². The molecule has 0 bridgehead atoms. The maximum absolute atomic E-state index is 11.4. The molecule has 0 aliphatic carbocycles. The molecular weight excluding hydrogens is 260 g/mol. The van der Waals surface area contributed by atoms with E-state index in [1.54, 1.807) is 6.07 Å². The lowest BCUT2D eigenvalue weighted by Crippen LogP contribution is -2.06. The monoisotopic (exact) mass is 272 g/mol. The van der Waals surface area contributed by atoms with E-state index in [0.717, 1.165) is 10.0 Å². The zero-order chi connectivity index (χ0) is 11.4. The van der Waals surface area contributed by atoms with Gasteiger partial charge in [0.2, 0.25) is 0 Å². The number of rotatable bonds is 3. The Morgan fingerprint density at radius 2 is 2.13 bits per heavy atom. The summed E-state index contributed by atoms with van der Waals surface area (Å²) in [7, 11) is 1.35. The average molecular weight is 273 g/mol. The Bertz CT molecular complexity index is 374. The van der Waals surface area contributed by atoms with Gasteiger partial charge < -0.3 is 9.47 Å². The van der Waals surface area contributed by atoms with E-state index < -0.39 is 0 Å². The van der Waals surface area contributed by atoms with E-state index in [2.05, 4.69) is 20.7 Å². The van der Waals surface area contributed by atoms with Gasteiger partial charge in [0.25, 0.3) is 0 Å². The number of aryl methyl sites for hydroxylation is 1. The molecule has 15 heavy (non-hydrogen) atoms. The van der Waals surface area contributed by atoms with E-state index in [1.807, 2.05) is 19.9 Å². The molecule has 0 spiro atoms. The normalized spacial score (nSPS) is 9.87. The lowest BCUT2D eigenvalue weighted by molar-refractivity contribution is 0.0596. The Hall–Kier alpha value is -1.03. The molecule has 1 rings (SSSR count). The fourth-order valence-electron chi connectivity index (χ4n) is 1.20. The average Bonchev–Trinajstić information content (AvgIpc) is 2.22. The van der Waals surface area contributed by atoms with Gasteiger partial charge in [0.15, 0.2) is 0 Å². The SMILES string of the molecule is CCOc1cc(C)c(Br)cc1C(=O)OC. The number of methoxy groups -OCH3 is 1. The molecule has 4 heteroatoms. The van der Waals surface area contributed by atoms with Crippen molar-refractivity contribution in [1.29, 1.82) is 0 Å². The molecule has 0 atom stereocenters. The summed E-state index contributed by atoms with van der Waals surface area (Å²) in [4.78, 5) is 11.4. The summed E-state index contributed by atoms with van der Waals surface area (Å²) in [6.45, 7) is 4.33. The van der Waals surface area contributed by atoms with Gasteiger partial charge >= 0.3 is 5.97 Å². The van der Waals surface area contributed by atoms with E-state index in [0.29, 0.717) is 17.9 Å². The van der Waals surface area contributed by atoms with Crippen LogP contribution < -0.4 is 4.74 Å². The van der Waals surface area contributed by atoms with Crippen LogP contribution in [0.1, 0.15) is 22.8 Å². The number of carbonyl (C=O) groups excluding carboxylic acids is 1. The number of hydrogen-bond acceptors (Lipinski definition) is 3. The molecule has 0 unspecified atom stereocenters. The Morgan fingerprint density at radius 1 is 1.47 bits per heavy atom. The third-order valence-electron chi connectivity index (χ3n) is 1.97. The largest absolute Gasteiger partial charge is 0.493 e. The first-order valence-electron chi connectivity index (χ1n) is 4.61. The van der Waals surface area contributed by atoms with Crippen molar-refractivity contribution in [3.8, 4) is 5.75 Å². The standard InChI is InChI=1S/C11H13BrO3/c1-4-15-10-5-7(2)9(12)6-8(10)11(13)14-3/h5-6H,4H2,1-3H3. The van der Waals surface area contributed by atoms with Crippen LogP contribution in [0.2, 0.25) is 0 Å². The van der Waals surface area contributed by atoms with Crippen molar-refractivity contribution in [2.24, 2.45) is 0 Å². The quantitative estimate of drug-likeness (QED) is 0.794. The first-order valence-corrected chi connectivity index (χ1v) is 5.40. The highest BCUT2D eigenvalue weighted by Gasteiger charge is 2.14. The Balaban J connectivity index is 3.21. The third kappa shape index (κ3) is 2.72. The number of ether oxygens (including phenoxy) is 2. The highest BCUT2D eigenvalue weighted by Crippen LogP contribution is 2.27. The van der Waals surface area contributed by atoms with Crippen LogP contribution in [0.15, 0.2) is 16.6 Å². The van der Waals surface area contributed by atoms with Crippen molar-refractivity contribution in [3.05, 3.63) is 27.7 Å². The fourth-order valence-corrected chi connectivity index (χ4v) is 1.54. The van der Waals surface area contributed by atoms with Gasteiger partial charge in [-0.1, -0.05) is 15.9 Å². The molecule has 0 N–H and O–H groups in total. The lowest BCUT2D eigenvalue weighted by atomic mass is 10.1. The molecule has 0 heterocycles. The van der Waals surface area contributed by atoms with E-state index in [-0.39, 0.29) is 5.97 Å². The zero-order valence-corrected chi connectivity index (χ0v) is 10.6. The van der Waals surface area contributed by atoms with Crippen LogP contribution in [0.5, 0.6) is 5.75 Å². The molecule has 0 fully saturated rings. The van der Waals surface area contributed by atoms with Crippen molar-refractivity contribution in [1.82, 2.24) is 0 Å². The number of esters is 1. The van der Waals surface area contributed by atoms with Crippen LogP contribution in [0.4, 0.5) is 0 Å². The summed E-state index contributed by atoms with van der Waals surface area (Å²) < 4.78 is 10.9. The molecule has 1 aromatic carbocycles. The number of carbonyl (C=O) groups is 1. The Kier molecular flexibility index (Phi) is 4.15. The van der Waals surface area contributed by atoms with Gasteiger partial charge in [-0.15, -0.1) is 0 Å². The van der Waals surface area contributed by atoms with Gasteiger partial charge in [0, 0.05) is 4.47 Å². The topological polar surface area (TPSA) is 35.5 Å². The molecule has 0 aliphatic heterocycles. The van der Waals surface area contributed by atoms with Crippen LogP contribution in [0.3, 0.4) is 0 Å². The molecule has 0 radical (unpaired) electrons. The summed E-state index contributed by atoms with van der Waals surface area (Å²) in [6.07, 6.45) is 0. The molecule has 0 aromatic heterocycles. The van der Waals surface area contributed by atoms with Crippen molar-refractivity contribution < 1.29 is 14.3 Å². The summed E-state index contributed by atoms with van der Waals surface area (Å²) in [6, 6.07) is 3.53. The Morgan fingerprint density at radius 3 is 2.67 bits per heavy atom. The first-order chi connectivity index (χ1) is 7.10. The minimum absolute atomic E-state index is 0.390. The minimum Gasteiger partial charge on any atom is -0.493 e. The summed E-state index contributed by atoms with van der Waals surface area (Å²) >= 11 is 3.37. The van der Waals surface area contributed by atoms with Crippen molar-refractivity contribution in [2.45, 2.75) is 13.8 Å². The summed E-state index contributed by atoms with van der Waals surface area (Å²) in [5.41, 5.74) is 1.46. The smallest absolute Gasteiger partial charge is 0.341 e. The van der Waals surface area contributed by atoms with E-state index in [9.17, 15) is 4.79 Å². The van der Waals surface area contributed by atoms with Gasteiger partial charge in [0.1, 0.15) is 11.3 Å². The number of hydrogen-bond donors (Lipinski definition) is 0. The van der Waals surface area contributed by atoms with Crippen LogP contribution in [-0.4, -0.2) is 19.7 Å². The predicted octanol–water partition coefficient (Wildman–Crippen LogP) is 2.94. The van der Waals surface area contributed by atoms with Crippen molar-refractivity contribution in [3.63, 3.8) is 0 Å². The minimum atomic E-state index is -0.390. The Labute approximate surface area is 97.5 Å². The number of benzene rings is 1. The molecule has 0 aliphatic rings. The predicted molar refractivity (Wildman–Crippen MR) is 61.4 cm³/mol. The second-order valence-corrected chi connectivity index (χ2v) is 3.88. The molecule has 1 aromatic rings. The summed E-state index contributed by atoms with van der Waals surface area (Å²) in [5.74, 6) is 0.171. The van der Waals surface area contributed by atoms with E-state index >= 15 is 0 Å². The van der Waals surface area contributed by atoms with Gasteiger partial charge in [0.05, 0.1) is 13.7 Å². The van der Waals surface area contributed by atoms with E-state index in [1.165, 1.54) is 7.11 Å². The van der Waals surface area contributed by atoms with Crippen LogP contribution in [-0.2, 0) is 4.74 Å². The molecule has 0 amide bonds. The van der Waals surface area contributed by atoms with E-state index in [4.69, 9.17) is 4.74 Å². The third-order valence-corrected chi connectivity index (χ3v) is 2.82. The summed E-state index contributed by atoms with van der Waals surface area (Å²) in [5, 5.41) is 0. The first kappa shape index (κ1) is 12.0. The maximum Gasteiger partial charge on any atom is 0.341 e. The van der Waals surface area contributed by atoms with Gasteiger partial charge in [-0.2, -0.15) is 0 Å². The second kappa shape index (κ2) is 5.16. The highest BCUT2D eigenvalue weighted by molar-refractivity contribution is 9.10. The highest BCUT2D eigenvalue weighted by atomic mass is 79.9. The van der Waals surface area contributed by atoms with Crippen LogP contribution in [0.25, 0.3) is 0 Å². The van der Waals surface area contributed by atoms with Gasteiger partial charge in [-0.3, -0.25) is 0 Å². The van der Waals surface area contributed by atoms with Gasteiger partial charge in [-0.05, 0) is 31.5 Å².